The number of fused-ring (bicyclic) bond motifs is 1. The third kappa shape index (κ3) is 3.11. The smallest absolute Gasteiger partial charge is 0.329 e. The van der Waals surface area contributed by atoms with E-state index in [1.54, 1.807) is 16.8 Å². The first-order chi connectivity index (χ1) is 13.0. The van der Waals surface area contributed by atoms with Crippen molar-refractivity contribution >= 4 is 11.9 Å². The number of carbonyl (C=O) groups excluding carboxylic acids is 1. The number of hydrogen-bond donors (Lipinski definition) is 2. The van der Waals surface area contributed by atoms with E-state index < -0.39 is 17.4 Å². The Morgan fingerprint density at radius 3 is 2.59 bits per heavy atom. The van der Waals surface area contributed by atoms with Crippen molar-refractivity contribution in [3.8, 4) is 5.69 Å². The van der Waals surface area contributed by atoms with Crippen LogP contribution in [0.1, 0.15) is 60.3 Å². The van der Waals surface area contributed by atoms with Gasteiger partial charge in [-0.2, -0.15) is 5.10 Å². The minimum absolute atomic E-state index is 0.265. The fourth-order valence-corrected chi connectivity index (χ4v) is 4.25. The lowest BCUT2D eigenvalue weighted by Gasteiger charge is -2.25. The van der Waals surface area contributed by atoms with E-state index in [0.717, 1.165) is 43.4 Å². The van der Waals surface area contributed by atoms with Crippen molar-refractivity contribution in [1.82, 2.24) is 15.1 Å². The van der Waals surface area contributed by atoms with Gasteiger partial charge in [0, 0.05) is 11.3 Å². The third-order valence-electron chi connectivity index (χ3n) is 5.67. The molecular formula is C20H22FN3O3. The summed E-state index contributed by atoms with van der Waals surface area (Å²) in [6, 6.07) is 6.12. The lowest BCUT2D eigenvalue weighted by atomic mass is 9.94. The third-order valence-corrected chi connectivity index (χ3v) is 5.67. The molecule has 1 fully saturated rings. The van der Waals surface area contributed by atoms with Gasteiger partial charge in [-0.15, -0.1) is 0 Å². The predicted octanol–water partition coefficient (Wildman–Crippen LogP) is 3.02. The molecule has 27 heavy (non-hydrogen) atoms. The fraction of sp³-hybridized carbons (Fsp3) is 0.450. The number of amides is 1. The highest BCUT2D eigenvalue weighted by Crippen LogP contribution is 2.32. The molecule has 142 valence electrons. The minimum Gasteiger partial charge on any atom is -0.480 e. The van der Waals surface area contributed by atoms with Crippen LogP contribution in [0, 0.1) is 5.82 Å². The average molecular weight is 371 g/mol. The number of carboxylic acid groups (broad SMARTS) is 1. The van der Waals surface area contributed by atoms with Gasteiger partial charge < -0.3 is 10.4 Å². The van der Waals surface area contributed by atoms with Crippen LogP contribution in [-0.4, -0.2) is 32.3 Å². The number of benzene rings is 1. The molecule has 6 nitrogen and oxygen atoms in total. The summed E-state index contributed by atoms with van der Waals surface area (Å²) in [6.45, 7) is 0. The van der Waals surface area contributed by atoms with E-state index >= 15 is 0 Å². The van der Waals surface area contributed by atoms with E-state index in [4.69, 9.17) is 0 Å². The van der Waals surface area contributed by atoms with Crippen LogP contribution in [0.2, 0.25) is 0 Å². The Hall–Kier alpha value is -2.70. The highest BCUT2D eigenvalue weighted by Gasteiger charge is 2.43. The van der Waals surface area contributed by atoms with Gasteiger partial charge >= 0.3 is 5.97 Å². The van der Waals surface area contributed by atoms with Crippen LogP contribution in [0.3, 0.4) is 0 Å². The van der Waals surface area contributed by atoms with Crippen LogP contribution in [0.15, 0.2) is 24.3 Å². The lowest BCUT2D eigenvalue weighted by Crippen LogP contribution is -2.52. The van der Waals surface area contributed by atoms with E-state index in [2.05, 4.69) is 10.4 Å². The van der Waals surface area contributed by atoms with Gasteiger partial charge in [-0.05, 0) is 56.7 Å². The molecule has 2 N–H and O–H groups in total. The van der Waals surface area contributed by atoms with Gasteiger partial charge in [0.2, 0.25) is 0 Å². The van der Waals surface area contributed by atoms with Crippen molar-refractivity contribution < 1.29 is 19.1 Å². The summed E-state index contributed by atoms with van der Waals surface area (Å²) in [6.07, 6.45) is 5.83. The Bertz CT molecular complexity index is 900. The number of nitrogens with one attached hydrogen (secondary N) is 1. The molecule has 1 aromatic carbocycles. The van der Waals surface area contributed by atoms with Gasteiger partial charge in [-0.1, -0.05) is 18.9 Å². The second kappa shape index (κ2) is 6.79. The molecule has 2 aromatic rings. The molecule has 2 aliphatic rings. The first-order valence-electron chi connectivity index (χ1n) is 9.43. The second-order valence-corrected chi connectivity index (χ2v) is 7.42. The van der Waals surface area contributed by atoms with Crippen LogP contribution >= 0.6 is 0 Å². The maximum absolute atomic E-state index is 13.7. The fourth-order valence-electron chi connectivity index (χ4n) is 4.25. The Kier molecular flexibility index (Phi) is 4.45. The van der Waals surface area contributed by atoms with Crippen molar-refractivity contribution in [2.75, 3.05) is 0 Å². The van der Waals surface area contributed by atoms with Gasteiger partial charge in [-0.3, -0.25) is 4.79 Å². The standard InChI is InChI=1S/C20H22FN3O3/c21-13-6-5-7-14(12-13)24-16-9-2-1-8-15(16)17(23-24)18(25)22-20(19(26)27)10-3-4-11-20/h5-7,12H,1-4,8-11H2,(H,22,25)(H,26,27). The Morgan fingerprint density at radius 2 is 1.89 bits per heavy atom. The zero-order chi connectivity index (χ0) is 19.0. The first kappa shape index (κ1) is 17.7. The van der Waals surface area contributed by atoms with Gasteiger partial charge in [0.05, 0.1) is 5.69 Å². The molecule has 0 radical (unpaired) electrons. The number of carboxylic acids is 1. The Labute approximate surface area is 156 Å². The molecule has 1 aromatic heterocycles. The summed E-state index contributed by atoms with van der Waals surface area (Å²) in [5.74, 6) is -1.81. The molecule has 0 saturated heterocycles. The van der Waals surface area contributed by atoms with Crippen molar-refractivity contribution in [1.29, 1.82) is 0 Å². The monoisotopic (exact) mass is 371 g/mol. The summed E-state index contributed by atoms with van der Waals surface area (Å²) < 4.78 is 15.3. The molecule has 0 bridgehead atoms. The molecule has 0 unspecified atom stereocenters. The molecule has 1 amide bonds. The first-order valence-corrected chi connectivity index (χ1v) is 9.43. The predicted molar refractivity (Wildman–Crippen MR) is 96.5 cm³/mol. The Morgan fingerprint density at radius 1 is 1.15 bits per heavy atom. The van der Waals surface area contributed by atoms with Crippen molar-refractivity contribution in [3.63, 3.8) is 0 Å². The van der Waals surface area contributed by atoms with E-state index in [0.29, 0.717) is 24.9 Å². The Balaban J connectivity index is 1.73. The van der Waals surface area contributed by atoms with Gasteiger partial charge in [0.25, 0.3) is 5.91 Å². The summed E-state index contributed by atoms with van der Waals surface area (Å²) >= 11 is 0. The van der Waals surface area contributed by atoms with E-state index in [1.165, 1.54) is 12.1 Å². The second-order valence-electron chi connectivity index (χ2n) is 7.42. The highest BCUT2D eigenvalue weighted by atomic mass is 19.1. The molecule has 0 spiro atoms. The van der Waals surface area contributed by atoms with Gasteiger partial charge in [-0.25, -0.2) is 13.9 Å². The summed E-state index contributed by atoms with van der Waals surface area (Å²) in [5.41, 5.74) is 1.39. The molecule has 1 heterocycles. The number of hydrogen-bond acceptors (Lipinski definition) is 3. The van der Waals surface area contributed by atoms with Crippen molar-refractivity contribution in [2.24, 2.45) is 0 Å². The number of aromatic nitrogens is 2. The van der Waals surface area contributed by atoms with E-state index in [9.17, 15) is 19.1 Å². The SMILES string of the molecule is O=C(NC1(C(=O)O)CCCC1)c1nn(-c2cccc(F)c2)c2c1CCCC2. The summed E-state index contributed by atoms with van der Waals surface area (Å²) in [4.78, 5) is 24.7. The van der Waals surface area contributed by atoms with Crippen molar-refractivity contribution in [2.45, 2.75) is 56.9 Å². The number of aliphatic carboxylic acids is 1. The normalized spacial score (nSPS) is 18.1. The van der Waals surface area contributed by atoms with Crippen LogP contribution in [0.25, 0.3) is 5.69 Å². The van der Waals surface area contributed by atoms with Crippen molar-refractivity contribution in [3.05, 3.63) is 47.0 Å². The molecule has 1 saturated carbocycles. The zero-order valence-electron chi connectivity index (χ0n) is 15.0. The maximum atomic E-state index is 13.7. The van der Waals surface area contributed by atoms with E-state index in [-0.39, 0.29) is 11.5 Å². The van der Waals surface area contributed by atoms with Crippen LogP contribution < -0.4 is 5.32 Å². The molecule has 4 rings (SSSR count). The van der Waals surface area contributed by atoms with Gasteiger partial charge in [0.15, 0.2) is 5.69 Å². The van der Waals surface area contributed by atoms with Crippen LogP contribution in [-0.2, 0) is 17.6 Å². The van der Waals surface area contributed by atoms with E-state index in [1.807, 2.05) is 0 Å². The molecular weight excluding hydrogens is 349 g/mol. The minimum atomic E-state index is -1.21. The highest BCUT2D eigenvalue weighted by molar-refractivity contribution is 5.98. The summed E-state index contributed by atoms with van der Waals surface area (Å²) in [5, 5.41) is 16.9. The van der Waals surface area contributed by atoms with Crippen LogP contribution in [0.4, 0.5) is 4.39 Å². The largest absolute Gasteiger partial charge is 0.480 e. The number of nitrogens with zero attached hydrogens (tertiary/aromatic N) is 2. The quantitative estimate of drug-likeness (QED) is 0.865. The number of rotatable bonds is 4. The maximum Gasteiger partial charge on any atom is 0.329 e. The topological polar surface area (TPSA) is 84.2 Å². The summed E-state index contributed by atoms with van der Waals surface area (Å²) in [7, 11) is 0. The number of carbonyl (C=O) groups is 2. The number of halogens is 1. The average Bonchev–Trinajstić information content (AvgIpc) is 3.27. The molecule has 0 aliphatic heterocycles. The molecule has 2 aliphatic carbocycles. The van der Waals surface area contributed by atoms with Crippen LogP contribution in [0.5, 0.6) is 0 Å². The molecule has 0 atom stereocenters. The van der Waals surface area contributed by atoms with Gasteiger partial charge in [0.1, 0.15) is 11.4 Å². The zero-order valence-corrected chi connectivity index (χ0v) is 15.0. The lowest BCUT2D eigenvalue weighted by molar-refractivity contribution is -0.144. The molecule has 7 heteroatoms.